The number of benzene rings is 2. The van der Waals surface area contributed by atoms with Gasteiger partial charge >= 0.3 is 0 Å². The van der Waals surface area contributed by atoms with E-state index in [9.17, 15) is 25.6 Å². The van der Waals surface area contributed by atoms with E-state index in [4.69, 9.17) is 0 Å². The van der Waals surface area contributed by atoms with Crippen LogP contribution in [0.4, 0.5) is 8.78 Å². The van der Waals surface area contributed by atoms with Crippen LogP contribution in [0.5, 0.6) is 0 Å². The predicted octanol–water partition coefficient (Wildman–Crippen LogP) is 2.52. The molecule has 140 valence electrons. The summed E-state index contributed by atoms with van der Waals surface area (Å²) in [6.07, 6.45) is 0.0155. The molecule has 0 aromatic heterocycles. The fourth-order valence-electron chi connectivity index (χ4n) is 3.06. The summed E-state index contributed by atoms with van der Waals surface area (Å²) in [7, 11) is -8.09. The van der Waals surface area contributed by atoms with E-state index in [0.29, 0.717) is 5.56 Å². The SMILES string of the molecule is O=S1(=O)CCN(S(=O)(=O)c2c(F)cccc2F)CCC1c1ccccc1. The summed E-state index contributed by atoms with van der Waals surface area (Å²) in [5, 5.41) is -0.852. The topological polar surface area (TPSA) is 71.5 Å². The van der Waals surface area contributed by atoms with Crippen molar-refractivity contribution in [3.05, 3.63) is 65.7 Å². The minimum absolute atomic E-state index is 0.0155. The number of sulfone groups is 1. The van der Waals surface area contributed by atoms with Crippen molar-refractivity contribution in [2.45, 2.75) is 16.6 Å². The van der Waals surface area contributed by atoms with Crippen LogP contribution in [-0.2, 0) is 19.9 Å². The largest absolute Gasteiger partial charge is 0.248 e. The highest BCUT2D eigenvalue weighted by atomic mass is 32.2. The Labute approximate surface area is 151 Å². The Hall–Kier alpha value is -1.84. The fraction of sp³-hybridized carbons (Fsp3) is 0.294. The van der Waals surface area contributed by atoms with E-state index in [1.54, 1.807) is 30.3 Å². The third kappa shape index (κ3) is 3.51. The molecule has 2 aromatic carbocycles. The summed E-state index contributed by atoms with van der Waals surface area (Å²) in [4.78, 5) is -1.05. The van der Waals surface area contributed by atoms with Crippen molar-refractivity contribution in [1.82, 2.24) is 4.31 Å². The Bertz CT molecular complexity index is 988. The maximum Gasteiger partial charge on any atom is 0.248 e. The third-order valence-corrected chi connectivity index (χ3v) is 8.46. The summed E-state index contributed by atoms with van der Waals surface area (Å²) in [5.41, 5.74) is 0.573. The van der Waals surface area contributed by atoms with Crippen LogP contribution in [0.25, 0.3) is 0 Å². The van der Waals surface area contributed by atoms with E-state index in [1.165, 1.54) is 0 Å². The van der Waals surface area contributed by atoms with Crippen LogP contribution < -0.4 is 0 Å². The lowest BCUT2D eigenvalue weighted by Crippen LogP contribution is -2.34. The zero-order chi connectivity index (χ0) is 18.9. The van der Waals surface area contributed by atoms with Crippen LogP contribution >= 0.6 is 0 Å². The van der Waals surface area contributed by atoms with Gasteiger partial charge in [0.05, 0.1) is 11.0 Å². The van der Waals surface area contributed by atoms with Crippen LogP contribution in [0.1, 0.15) is 17.2 Å². The van der Waals surface area contributed by atoms with Crippen molar-refractivity contribution in [3.63, 3.8) is 0 Å². The van der Waals surface area contributed by atoms with Crippen LogP contribution in [0.3, 0.4) is 0 Å². The average molecular weight is 401 g/mol. The second-order valence-corrected chi connectivity index (χ2v) is 10.2. The van der Waals surface area contributed by atoms with Crippen molar-refractivity contribution >= 4 is 19.9 Å². The quantitative estimate of drug-likeness (QED) is 0.792. The van der Waals surface area contributed by atoms with Crippen LogP contribution in [0.2, 0.25) is 0 Å². The molecule has 1 aliphatic heterocycles. The molecule has 0 aliphatic carbocycles. The lowest BCUT2D eigenvalue weighted by Gasteiger charge is -2.20. The molecule has 1 fully saturated rings. The third-order valence-electron chi connectivity index (χ3n) is 4.39. The maximum atomic E-state index is 13.9. The normalized spacial score (nSPS) is 21.2. The molecule has 1 saturated heterocycles. The number of rotatable bonds is 3. The molecular formula is C17H17F2NO4S2. The molecule has 0 N–H and O–H groups in total. The van der Waals surface area contributed by atoms with Crippen molar-refractivity contribution in [2.75, 3.05) is 18.8 Å². The van der Waals surface area contributed by atoms with Gasteiger partial charge in [0.25, 0.3) is 0 Å². The number of halogens is 2. The molecule has 0 amide bonds. The van der Waals surface area contributed by atoms with E-state index >= 15 is 0 Å². The molecule has 3 rings (SSSR count). The smallest absolute Gasteiger partial charge is 0.228 e. The molecule has 1 heterocycles. The summed E-state index contributed by atoms with van der Waals surface area (Å²) in [6.45, 7) is -0.489. The molecule has 0 spiro atoms. The zero-order valence-electron chi connectivity index (χ0n) is 13.7. The van der Waals surface area contributed by atoms with E-state index in [0.717, 1.165) is 22.5 Å². The molecule has 1 aliphatic rings. The molecule has 5 nitrogen and oxygen atoms in total. The van der Waals surface area contributed by atoms with Crippen molar-refractivity contribution in [2.24, 2.45) is 0 Å². The Morgan fingerprint density at radius 3 is 2.15 bits per heavy atom. The lowest BCUT2D eigenvalue weighted by molar-refractivity contribution is 0.417. The monoisotopic (exact) mass is 401 g/mol. The fourth-order valence-corrected chi connectivity index (χ4v) is 6.54. The molecule has 2 aromatic rings. The van der Waals surface area contributed by atoms with Gasteiger partial charge in [-0.3, -0.25) is 0 Å². The Morgan fingerprint density at radius 2 is 1.54 bits per heavy atom. The summed E-state index contributed by atoms with van der Waals surface area (Å²) in [6, 6.07) is 11.3. The molecule has 1 unspecified atom stereocenters. The average Bonchev–Trinajstić information content (AvgIpc) is 2.73. The van der Waals surface area contributed by atoms with Gasteiger partial charge in [0.1, 0.15) is 11.6 Å². The van der Waals surface area contributed by atoms with E-state index in [-0.39, 0.29) is 19.5 Å². The van der Waals surface area contributed by atoms with Gasteiger partial charge in [0, 0.05) is 13.1 Å². The van der Waals surface area contributed by atoms with Gasteiger partial charge < -0.3 is 0 Å². The van der Waals surface area contributed by atoms with Crippen LogP contribution in [-0.4, -0.2) is 40.0 Å². The summed E-state index contributed by atoms with van der Waals surface area (Å²) in [5.74, 6) is -2.81. The van der Waals surface area contributed by atoms with E-state index in [1.807, 2.05) is 0 Å². The van der Waals surface area contributed by atoms with Gasteiger partial charge in [0.15, 0.2) is 14.7 Å². The van der Waals surface area contributed by atoms with Gasteiger partial charge in [-0.05, 0) is 24.1 Å². The minimum Gasteiger partial charge on any atom is -0.228 e. The van der Waals surface area contributed by atoms with Gasteiger partial charge in [-0.25, -0.2) is 25.6 Å². The van der Waals surface area contributed by atoms with Gasteiger partial charge in [-0.2, -0.15) is 4.31 Å². The van der Waals surface area contributed by atoms with E-state index in [2.05, 4.69) is 0 Å². The van der Waals surface area contributed by atoms with Crippen molar-refractivity contribution in [3.8, 4) is 0 Å². The van der Waals surface area contributed by atoms with Crippen LogP contribution in [0, 0.1) is 11.6 Å². The first kappa shape index (κ1) is 18.9. The van der Waals surface area contributed by atoms with Gasteiger partial charge in [0.2, 0.25) is 10.0 Å². The first-order valence-corrected chi connectivity index (χ1v) is 11.1. The minimum atomic E-state index is -4.48. The number of nitrogens with zero attached hydrogens (tertiary/aromatic N) is 1. The second kappa shape index (κ2) is 7.05. The van der Waals surface area contributed by atoms with Crippen molar-refractivity contribution in [1.29, 1.82) is 0 Å². The number of hydrogen-bond donors (Lipinski definition) is 0. The van der Waals surface area contributed by atoms with Crippen LogP contribution in [0.15, 0.2) is 53.4 Å². The second-order valence-electron chi connectivity index (χ2n) is 6.01. The molecule has 0 saturated carbocycles. The molecule has 0 radical (unpaired) electrons. The number of sulfonamides is 1. The highest BCUT2D eigenvalue weighted by molar-refractivity contribution is 7.92. The maximum absolute atomic E-state index is 13.9. The zero-order valence-corrected chi connectivity index (χ0v) is 15.3. The summed E-state index contributed by atoms with van der Waals surface area (Å²) < 4.78 is 79.2. The van der Waals surface area contributed by atoms with Crippen molar-refractivity contribution < 1.29 is 25.6 Å². The molecule has 9 heteroatoms. The molecule has 26 heavy (non-hydrogen) atoms. The molecular weight excluding hydrogens is 384 g/mol. The molecule has 0 bridgehead atoms. The highest BCUT2D eigenvalue weighted by Crippen LogP contribution is 2.32. The highest BCUT2D eigenvalue weighted by Gasteiger charge is 2.37. The standard InChI is InChI=1S/C17H17F2NO4S2/c18-14-7-4-8-15(19)17(14)26(23,24)20-10-9-16(25(21,22)12-11-20)13-5-2-1-3-6-13/h1-8,16H,9-12H2. The predicted molar refractivity (Wildman–Crippen MR) is 92.7 cm³/mol. The number of hydrogen-bond acceptors (Lipinski definition) is 4. The van der Waals surface area contributed by atoms with Gasteiger partial charge in [-0.15, -0.1) is 0 Å². The summed E-state index contributed by atoms with van der Waals surface area (Å²) >= 11 is 0. The first-order valence-electron chi connectivity index (χ1n) is 7.94. The first-order chi connectivity index (χ1) is 12.2. The lowest BCUT2D eigenvalue weighted by atomic mass is 10.1. The van der Waals surface area contributed by atoms with E-state index < -0.39 is 47.4 Å². The van der Waals surface area contributed by atoms with Gasteiger partial charge in [-0.1, -0.05) is 36.4 Å². The Balaban J connectivity index is 1.95. The Kier molecular flexibility index (Phi) is 5.14. The Morgan fingerprint density at radius 1 is 0.923 bits per heavy atom. The molecule has 1 atom stereocenters.